The standard InChI is InChI=1S/C22H24N2O2S/c1-13(2)18-11-16(15(4)10-19(18)26-5)12-20-21(25)24-22(27-20)23-17-8-6-14(3)7-9-17/h6-13H,1-5H3,(H,23,24,25)/b20-12+. The largest absolute Gasteiger partial charge is 0.496 e. The highest BCUT2D eigenvalue weighted by atomic mass is 32.2. The molecule has 1 aliphatic heterocycles. The molecule has 0 spiro atoms. The van der Waals surface area contributed by atoms with Crippen LogP contribution >= 0.6 is 11.8 Å². The van der Waals surface area contributed by atoms with E-state index in [0.717, 1.165) is 28.1 Å². The summed E-state index contributed by atoms with van der Waals surface area (Å²) >= 11 is 1.36. The van der Waals surface area contributed by atoms with Crippen molar-refractivity contribution in [2.75, 3.05) is 7.11 Å². The lowest BCUT2D eigenvalue weighted by atomic mass is 9.96. The van der Waals surface area contributed by atoms with E-state index in [1.807, 2.05) is 50.3 Å². The molecule has 1 aliphatic rings. The first-order chi connectivity index (χ1) is 12.9. The number of nitrogens with zero attached hydrogens (tertiary/aromatic N) is 1. The predicted molar refractivity (Wildman–Crippen MR) is 114 cm³/mol. The number of thioether (sulfide) groups is 1. The highest BCUT2D eigenvalue weighted by molar-refractivity contribution is 8.18. The maximum atomic E-state index is 12.4. The Morgan fingerprint density at radius 1 is 1.15 bits per heavy atom. The van der Waals surface area contributed by atoms with Crippen molar-refractivity contribution in [2.24, 2.45) is 4.99 Å². The van der Waals surface area contributed by atoms with Crippen LogP contribution in [0.1, 0.15) is 42.0 Å². The second-order valence-corrected chi connectivity index (χ2v) is 7.95. The normalized spacial score (nSPS) is 17.0. The smallest absolute Gasteiger partial charge is 0.264 e. The number of aliphatic imine (C=N–C) groups is 1. The third-order valence-electron chi connectivity index (χ3n) is 4.44. The van der Waals surface area contributed by atoms with Crippen molar-refractivity contribution >= 4 is 34.6 Å². The molecule has 1 amide bonds. The van der Waals surface area contributed by atoms with Gasteiger partial charge in [0, 0.05) is 0 Å². The zero-order valence-electron chi connectivity index (χ0n) is 16.3. The molecule has 1 N–H and O–H groups in total. The molecule has 0 saturated carbocycles. The maximum absolute atomic E-state index is 12.4. The van der Waals surface area contributed by atoms with Crippen LogP contribution in [-0.4, -0.2) is 18.2 Å². The van der Waals surface area contributed by atoms with Crippen molar-refractivity contribution in [2.45, 2.75) is 33.6 Å². The molecule has 0 unspecified atom stereocenters. The van der Waals surface area contributed by atoms with E-state index in [9.17, 15) is 4.79 Å². The Bertz CT molecular complexity index is 928. The Morgan fingerprint density at radius 2 is 1.85 bits per heavy atom. The van der Waals surface area contributed by atoms with Gasteiger partial charge in [0.15, 0.2) is 5.17 Å². The Kier molecular flexibility index (Phi) is 5.71. The summed E-state index contributed by atoms with van der Waals surface area (Å²) in [5.41, 5.74) is 5.23. The fourth-order valence-electron chi connectivity index (χ4n) is 2.86. The van der Waals surface area contributed by atoms with Crippen LogP contribution in [0.4, 0.5) is 5.69 Å². The molecular formula is C22H24N2O2S. The Labute approximate surface area is 164 Å². The van der Waals surface area contributed by atoms with Crippen molar-refractivity contribution in [1.29, 1.82) is 0 Å². The average molecular weight is 381 g/mol. The molecule has 1 fully saturated rings. The van der Waals surface area contributed by atoms with Gasteiger partial charge in [-0.1, -0.05) is 31.5 Å². The predicted octanol–water partition coefficient (Wildman–Crippen LogP) is 5.33. The van der Waals surface area contributed by atoms with Crippen LogP contribution in [0.2, 0.25) is 0 Å². The summed E-state index contributed by atoms with van der Waals surface area (Å²) in [5, 5.41) is 3.45. The number of amides is 1. The number of methoxy groups -OCH3 is 1. The summed E-state index contributed by atoms with van der Waals surface area (Å²) in [4.78, 5) is 17.5. The van der Waals surface area contributed by atoms with Gasteiger partial charge in [-0.15, -0.1) is 0 Å². The number of carbonyl (C=O) groups is 1. The molecule has 27 heavy (non-hydrogen) atoms. The average Bonchev–Trinajstić information content (AvgIpc) is 2.97. The minimum absolute atomic E-state index is 0.118. The lowest BCUT2D eigenvalue weighted by Crippen LogP contribution is -2.19. The lowest BCUT2D eigenvalue weighted by Gasteiger charge is -2.14. The van der Waals surface area contributed by atoms with E-state index < -0.39 is 0 Å². The molecule has 0 atom stereocenters. The fraction of sp³-hybridized carbons (Fsp3) is 0.273. The highest BCUT2D eigenvalue weighted by Gasteiger charge is 2.24. The summed E-state index contributed by atoms with van der Waals surface area (Å²) in [5.74, 6) is 1.10. The third kappa shape index (κ3) is 4.42. The molecule has 0 aliphatic carbocycles. The minimum atomic E-state index is -0.118. The SMILES string of the molecule is COc1cc(C)c(/C=C2/SC(=Nc3ccc(C)cc3)NC2=O)cc1C(C)C. The van der Waals surface area contributed by atoms with Crippen molar-refractivity contribution in [3.8, 4) is 5.75 Å². The van der Waals surface area contributed by atoms with E-state index in [1.165, 1.54) is 17.3 Å². The lowest BCUT2D eigenvalue weighted by molar-refractivity contribution is -0.115. The molecule has 1 saturated heterocycles. The van der Waals surface area contributed by atoms with Crippen LogP contribution in [0.5, 0.6) is 5.75 Å². The second kappa shape index (κ2) is 8.01. The topological polar surface area (TPSA) is 50.7 Å². The number of hydrogen-bond acceptors (Lipinski definition) is 4. The molecule has 0 bridgehead atoms. The van der Waals surface area contributed by atoms with E-state index in [1.54, 1.807) is 7.11 Å². The molecular weight excluding hydrogens is 356 g/mol. The summed E-state index contributed by atoms with van der Waals surface area (Å²) in [6.45, 7) is 8.32. The van der Waals surface area contributed by atoms with Gasteiger partial charge in [0.1, 0.15) is 5.75 Å². The van der Waals surface area contributed by atoms with Gasteiger partial charge in [-0.25, -0.2) is 4.99 Å². The molecule has 1 heterocycles. The molecule has 3 rings (SSSR count). The van der Waals surface area contributed by atoms with Gasteiger partial charge in [-0.05, 0) is 78.6 Å². The van der Waals surface area contributed by atoms with Crippen LogP contribution < -0.4 is 10.1 Å². The molecule has 0 aromatic heterocycles. The zero-order chi connectivity index (χ0) is 19.6. The van der Waals surface area contributed by atoms with E-state index in [4.69, 9.17) is 4.74 Å². The highest BCUT2D eigenvalue weighted by Crippen LogP contribution is 2.33. The van der Waals surface area contributed by atoms with Crippen molar-refractivity contribution in [3.63, 3.8) is 0 Å². The first-order valence-electron chi connectivity index (χ1n) is 8.92. The van der Waals surface area contributed by atoms with E-state index in [2.05, 4.69) is 30.2 Å². The van der Waals surface area contributed by atoms with Crippen LogP contribution in [0.25, 0.3) is 6.08 Å². The van der Waals surface area contributed by atoms with Crippen molar-refractivity contribution in [1.82, 2.24) is 5.32 Å². The van der Waals surface area contributed by atoms with Crippen molar-refractivity contribution < 1.29 is 9.53 Å². The number of carbonyl (C=O) groups excluding carboxylic acids is 1. The van der Waals surface area contributed by atoms with Gasteiger partial charge < -0.3 is 10.1 Å². The number of hydrogen-bond donors (Lipinski definition) is 1. The number of aryl methyl sites for hydroxylation is 2. The van der Waals surface area contributed by atoms with E-state index in [-0.39, 0.29) is 5.91 Å². The minimum Gasteiger partial charge on any atom is -0.496 e. The number of benzene rings is 2. The van der Waals surface area contributed by atoms with Gasteiger partial charge in [0.05, 0.1) is 17.7 Å². The van der Waals surface area contributed by atoms with Gasteiger partial charge in [-0.3, -0.25) is 4.79 Å². The quantitative estimate of drug-likeness (QED) is 0.730. The Morgan fingerprint density at radius 3 is 2.48 bits per heavy atom. The van der Waals surface area contributed by atoms with Crippen LogP contribution in [0, 0.1) is 13.8 Å². The first-order valence-corrected chi connectivity index (χ1v) is 9.74. The second-order valence-electron chi connectivity index (χ2n) is 6.92. The van der Waals surface area contributed by atoms with Gasteiger partial charge in [-0.2, -0.15) is 0 Å². The molecule has 5 heteroatoms. The van der Waals surface area contributed by atoms with Crippen LogP contribution in [-0.2, 0) is 4.79 Å². The maximum Gasteiger partial charge on any atom is 0.264 e. The number of nitrogens with one attached hydrogen (secondary N) is 1. The summed E-state index contributed by atoms with van der Waals surface area (Å²) in [6.07, 6.45) is 1.93. The first kappa shape index (κ1) is 19.2. The van der Waals surface area contributed by atoms with Gasteiger partial charge >= 0.3 is 0 Å². The Balaban J connectivity index is 1.90. The van der Waals surface area contributed by atoms with Crippen molar-refractivity contribution in [3.05, 3.63) is 63.6 Å². The van der Waals surface area contributed by atoms with E-state index >= 15 is 0 Å². The zero-order valence-corrected chi connectivity index (χ0v) is 17.1. The fourth-order valence-corrected chi connectivity index (χ4v) is 3.69. The molecule has 2 aromatic rings. The van der Waals surface area contributed by atoms with Crippen LogP contribution in [0.15, 0.2) is 46.3 Å². The number of rotatable bonds is 4. The molecule has 0 radical (unpaired) electrons. The van der Waals surface area contributed by atoms with E-state index in [0.29, 0.717) is 16.0 Å². The number of amidine groups is 1. The third-order valence-corrected chi connectivity index (χ3v) is 5.35. The summed E-state index contributed by atoms with van der Waals surface area (Å²) < 4.78 is 5.50. The Hall–Kier alpha value is -2.53. The summed E-state index contributed by atoms with van der Waals surface area (Å²) in [6, 6.07) is 12.0. The molecule has 140 valence electrons. The van der Waals surface area contributed by atoms with Crippen LogP contribution in [0.3, 0.4) is 0 Å². The van der Waals surface area contributed by atoms with Gasteiger partial charge in [0.25, 0.3) is 5.91 Å². The molecule has 4 nitrogen and oxygen atoms in total. The monoisotopic (exact) mass is 380 g/mol. The number of ether oxygens (including phenoxy) is 1. The summed E-state index contributed by atoms with van der Waals surface area (Å²) in [7, 11) is 1.69. The molecule has 2 aromatic carbocycles. The van der Waals surface area contributed by atoms with Gasteiger partial charge in [0.2, 0.25) is 0 Å².